The third kappa shape index (κ3) is 7.94. The van der Waals surface area contributed by atoms with Crippen molar-refractivity contribution < 1.29 is 28.6 Å². The van der Waals surface area contributed by atoms with Gasteiger partial charge in [-0.15, -0.1) is 0 Å². The van der Waals surface area contributed by atoms with Crippen LogP contribution in [0.25, 0.3) is 0 Å². The van der Waals surface area contributed by atoms with E-state index in [0.717, 1.165) is 33.1 Å². The van der Waals surface area contributed by atoms with Gasteiger partial charge >= 0.3 is 17.7 Å². The molecular formula is C28H38O6S. The average Bonchev–Trinajstić information content (AvgIpc) is 3.43. The van der Waals surface area contributed by atoms with Crippen LogP contribution in [0.15, 0.2) is 36.4 Å². The first kappa shape index (κ1) is 27.5. The first-order valence-corrected chi connectivity index (χ1v) is 13.1. The van der Waals surface area contributed by atoms with Gasteiger partial charge in [-0.25, -0.2) is 0 Å². The van der Waals surface area contributed by atoms with Gasteiger partial charge in [0.25, 0.3) is 5.12 Å². The summed E-state index contributed by atoms with van der Waals surface area (Å²) in [6.07, 6.45) is 8.32. The van der Waals surface area contributed by atoms with Crippen molar-refractivity contribution in [3.8, 4) is 0 Å². The van der Waals surface area contributed by atoms with Crippen LogP contribution in [0, 0.1) is 18.8 Å². The maximum atomic E-state index is 12.1. The minimum Gasteiger partial charge on any atom is -0.414 e. The molecule has 2 fully saturated rings. The Balaban J connectivity index is 1.47. The van der Waals surface area contributed by atoms with Crippen LogP contribution in [0.2, 0.25) is 0 Å². The third-order valence-corrected chi connectivity index (χ3v) is 7.52. The van der Waals surface area contributed by atoms with E-state index in [4.69, 9.17) is 14.2 Å². The van der Waals surface area contributed by atoms with Gasteiger partial charge in [0.2, 0.25) is 0 Å². The van der Waals surface area contributed by atoms with Crippen LogP contribution in [0.4, 0.5) is 0 Å². The van der Waals surface area contributed by atoms with Crippen molar-refractivity contribution in [2.75, 3.05) is 0 Å². The van der Waals surface area contributed by atoms with Gasteiger partial charge in [-0.05, 0) is 69.3 Å². The van der Waals surface area contributed by atoms with Crippen molar-refractivity contribution in [3.05, 3.63) is 47.5 Å². The lowest BCUT2D eigenvalue weighted by Crippen LogP contribution is -2.45. The molecule has 6 nitrogen and oxygen atoms in total. The van der Waals surface area contributed by atoms with E-state index in [-0.39, 0.29) is 18.6 Å². The van der Waals surface area contributed by atoms with E-state index in [0.29, 0.717) is 18.3 Å². The molecule has 1 aliphatic carbocycles. The molecule has 192 valence electrons. The normalized spacial score (nSPS) is 23.7. The molecule has 1 aromatic rings. The first-order chi connectivity index (χ1) is 16.6. The number of rotatable bonds is 13. The van der Waals surface area contributed by atoms with Crippen molar-refractivity contribution in [1.82, 2.24) is 0 Å². The highest BCUT2D eigenvalue weighted by Gasteiger charge is 2.49. The van der Waals surface area contributed by atoms with E-state index in [9.17, 15) is 14.4 Å². The van der Waals surface area contributed by atoms with Crippen molar-refractivity contribution in [1.29, 1.82) is 0 Å². The first-order valence-electron chi connectivity index (χ1n) is 12.6. The van der Waals surface area contributed by atoms with Crippen molar-refractivity contribution in [3.63, 3.8) is 0 Å². The zero-order chi connectivity index (χ0) is 25.6. The summed E-state index contributed by atoms with van der Waals surface area (Å²) in [7, 11) is 0. The van der Waals surface area contributed by atoms with E-state index in [1.165, 1.54) is 42.4 Å². The molecule has 1 heterocycles. The fourth-order valence-electron chi connectivity index (χ4n) is 5.40. The molecule has 7 heteroatoms. The second-order valence-corrected chi connectivity index (χ2v) is 10.4. The zero-order valence-corrected chi connectivity index (χ0v) is 22.0. The highest BCUT2D eigenvalue weighted by molar-refractivity contribution is 7.96. The largest absolute Gasteiger partial charge is 0.414 e. The molecule has 1 aromatic carbocycles. The van der Waals surface area contributed by atoms with Crippen LogP contribution in [0.3, 0.4) is 0 Å². The monoisotopic (exact) mass is 502 g/mol. The van der Waals surface area contributed by atoms with Crippen molar-refractivity contribution >= 4 is 29.7 Å². The van der Waals surface area contributed by atoms with Crippen LogP contribution in [0.5, 0.6) is 0 Å². The van der Waals surface area contributed by atoms with Crippen molar-refractivity contribution in [2.24, 2.45) is 11.8 Å². The summed E-state index contributed by atoms with van der Waals surface area (Å²) in [6, 6.07) is 8.73. The van der Waals surface area contributed by atoms with E-state index in [1.807, 2.05) is 0 Å². The Hall–Kier alpha value is -2.12. The summed E-state index contributed by atoms with van der Waals surface area (Å²) in [5.74, 6) is -2.36. The Morgan fingerprint density at radius 3 is 2.46 bits per heavy atom. The molecule has 0 aromatic heterocycles. The summed E-state index contributed by atoms with van der Waals surface area (Å²) >= 11 is 3.81. The molecule has 3 rings (SSSR count). The Kier molecular flexibility index (Phi) is 9.59. The smallest absolute Gasteiger partial charge is 0.326 e. The van der Waals surface area contributed by atoms with E-state index in [1.54, 1.807) is 0 Å². The predicted molar refractivity (Wildman–Crippen MR) is 137 cm³/mol. The SMILES string of the molecule is C=C1CC[C@H](CCCCc2cccc(C)c2)[C@H]1C[C@H]1OC1CCC(OC(C)=O)(OC(C)=O)C(=O)S. The molecule has 0 radical (unpaired) electrons. The molecule has 0 bridgehead atoms. The van der Waals surface area contributed by atoms with Crippen LogP contribution in [0.1, 0.15) is 76.3 Å². The molecule has 0 amide bonds. The molecule has 1 saturated heterocycles. The Labute approximate surface area is 214 Å². The lowest BCUT2D eigenvalue weighted by atomic mass is 9.85. The van der Waals surface area contributed by atoms with Crippen molar-refractivity contribution in [2.45, 2.75) is 96.6 Å². The molecule has 1 unspecified atom stereocenters. The number of allylic oxidation sites excluding steroid dienone is 1. The number of unbranched alkanes of at least 4 members (excludes halogenated alkanes) is 1. The number of esters is 2. The van der Waals surface area contributed by atoms with Gasteiger partial charge in [0.05, 0.1) is 12.2 Å². The fourth-order valence-corrected chi connectivity index (χ4v) is 5.61. The quantitative estimate of drug-likeness (QED) is 0.0957. The van der Waals surface area contributed by atoms with Crippen LogP contribution < -0.4 is 0 Å². The number of epoxide rings is 1. The van der Waals surface area contributed by atoms with Crippen LogP contribution in [-0.4, -0.2) is 35.0 Å². The predicted octanol–water partition coefficient (Wildman–Crippen LogP) is 5.51. The summed E-state index contributed by atoms with van der Waals surface area (Å²) in [4.78, 5) is 35.2. The summed E-state index contributed by atoms with van der Waals surface area (Å²) in [6.45, 7) is 8.79. The minimum atomic E-state index is -2.01. The second-order valence-electron chi connectivity index (χ2n) is 10.0. The molecule has 0 spiro atoms. The summed E-state index contributed by atoms with van der Waals surface area (Å²) in [5.41, 5.74) is 4.03. The number of benzene rings is 1. The average molecular weight is 503 g/mol. The third-order valence-electron chi connectivity index (χ3n) is 7.18. The standard InChI is InChI=1S/C28H38O6S/c1-18-8-7-10-22(16-18)9-5-6-11-23-13-12-19(2)24(23)17-26-25(32-26)14-15-28(27(31)35,33-20(3)29)34-21(4)30/h7-8,10,16,23-26H,2,5-6,9,11-15,17H2,1,3-4H3,(H,31,35)/t23-,24-,25?,26+/m0/s1. The molecule has 1 saturated carbocycles. The van der Waals surface area contributed by atoms with E-state index >= 15 is 0 Å². The summed E-state index contributed by atoms with van der Waals surface area (Å²) < 4.78 is 16.1. The number of carbonyl (C=O) groups excluding carboxylic acids is 3. The van der Waals surface area contributed by atoms with Crippen LogP contribution >= 0.6 is 12.6 Å². The number of thiol groups is 1. The maximum absolute atomic E-state index is 12.1. The summed E-state index contributed by atoms with van der Waals surface area (Å²) in [5, 5.41) is -0.810. The Morgan fingerprint density at radius 1 is 1.11 bits per heavy atom. The molecule has 35 heavy (non-hydrogen) atoms. The molecule has 0 N–H and O–H groups in total. The van der Waals surface area contributed by atoms with E-state index in [2.05, 4.69) is 50.4 Å². The zero-order valence-electron chi connectivity index (χ0n) is 21.1. The molecular weight excluding hydrogens is 464 g/mol. The highest BCUT2D eigenvalue weighted by Crippen LogP contribution is 2.45. The van der Waals surface area contributed by atoms with Gasteiger partial charge in [0.1, 0.15) is 0 Å². The lowest BCUT2D eigenvalue weighted by Gasteiger charge is -2.28. The van der Waals surface area contributed by atoms with Gasteiger partial charge in [-0.3, -0.25) is 14.4 Å². The lowest BCUT2D eigenvalue weighted by molar-refractivity contribution is -0.221. The second kappa shape index (κ2) is 12.2. The van der Waals surface area contributed by atoms with Crippen LogP contribution in [-0.2, 0) is 35.0 Å². The Morgan fingerprint density at radius 2 is 1.83 bits per heavy atom. The number of ether oxygens (including phenoxy) is 3. The number of hydrogen-bond acceptors (Lipinski definition) is 6. The Bertz CT molecular complexity index is 925. The fraction of sp³-hybridized carbons (Fsp3) is 0.607. The van der Waals surface area contributed by atoms with Gasteiger partial charge in [-0.2, -0.15) is 0 Å². The maximum Gasteiger partial charge on any atom is 0.326 e. The highest BCUT2D eigenvalue weighted by atomic mass is 32.1. The topological polar surface area (TPSA) is 82.2 Å². The van der Waals surface area contributed by atoms with Gasteiger partial charge in [0, 0.05) is 20.3 Å². The molecule has 2 aliphatic rings. The number of carbonyl (C=O) groups is 3. The molecule has 4 atom stereocenters. The number of hydrogen-bond donors (Lipinski definition) is 1. The van der Waals surface area contributed by atoms with Gasteiger partial charge < -0.3 is 14.2 Å². The minimum absolute atomic E-state index is 0.0175. The van der Waals surface area contributed by atoms with Gasteiger partial charge in [0.15, 0.2) is 0 Å². The van der Waals surface area contributed by atoms with E-state index < -0.39 is 22.8 Å². The number of aryl methyl sites for hydroxylation is 2. The van der Waals surface area contributed by atoms with Gasteiger partial charge in [-0.1, -0.05) is 61.0 Å². The molecule has 1 aliphatic heterocycles.